The molecule has 0 fully saturated rings. The van der Waals surface area contributed by atoms with Gasteiger partial charge in [-0.15, -0.1) is 12.4 Å². The summed E-state index contributed by atoms with van der Waals surface area (Å²) in [6, 6.07) is 5.96. The molecule has 0 aliphatic heterocycles. The molecule has 1 rings (SSSR count). The Balaban J connectivity index is 0.00000144. The van der Waals surface area contributed by atoms with E-state index in [-0.39, 0.29) is 12.4 Å². The molecule has 0 heterocycles. The molecule has 0 aromatic heterocycles. The fourth-order valence-corrected chi connectivity index (χ4v) is 1.08. The van der Waals surface area contributed by atoms with E-state index in [9.17, 15) is 4.79 Å². The lowest BCUT2D eigenvalue weighted by molar-refractivity contribution is -0.138. The molecule has 1 atom stereocenters. The molecule has 0 bridgehead atoms. The van der Waals surface area contributed by atoms with Gasteiger partial charge < -0.3 is 10.8 Å². The van der Waals surface area contributed by atoms with Gasteiger partial charge in [-0.05, 0) is 17.7 Å². The van der Waals surface area contributed by atoms with Gasteiger partial charge in [0.1, 0.15) is 6.04 Å². The maximum absolute atomic E-state index is 10.4. The highest BCUT2D eigenvalue weighted by atomic mass is 79.9. The van der Waals surface area contributed by atoms with Gasteiger partial charge in [0.05, 0.1) is 0 Å². The number of carboxylic acid groups (broad SMARTS) is 1. The van der Waals surface area contributed by atoms with Crippen molar-refractivity contribution in [3.63, 3.8) is 0 Å². The van der Waals surface area contributed by atoms with Crippen LogP contribution in [0.4, 0.5) is 0 Å². The molecule has 0 saturated heterocycles. The summed E-state index contributed by atoms with van der Waals surface area (Å²) < 4.78 is 0.906. The zero-order valence-electron chi connectivity index (χ0n) is 6.61. The summed E-state index contributed by atoms with van der Waals surface area (Å²) in [4.78, 5) is 10.4. The molecule has 72 valence electrons. The average Bonchev–Trinajstić information content (AvgIpc) is 2.04. The van der Waals surface area contributed by atoms with Crippen molar-refractivity contribution in [2.75, 3.05) is 0 Å². The maximum atomic E-state index is 10.4. The summed E-state index contributed by atoms with van der Waals surface area (Å²) in [6.45, 7) is 0. The van der Waals surface area contributed by atoms with Crippen LogP contribution in [0.25, 0.3) is 0 Å². The van der Waals surface area contributed by atoms with Crippen molar-refractivity contribution in [3.8, 4) is 0 Å². The average molecular weight is 267 g/mol. The summed E-state index contributed by atoms with van der Waals surface area (Å²) >= 11 is 3.24. The molecule has 3 nitrogen and oxygen atoms in total. The van der Waals surface area contributed by atoms with Gasteiger partial charge >= 0.3 is 5.97 Å². The van der Waals surface area contributed by atoms with Gasteiger partial charge in [-0.1, -0.05) is 28.1 Å². The van der Waals surface area contributed by atoms with Crippen molar-refractivity contribution in [1.82, 2.24) is 0 Å². The van der Waals surface area contributed by atoms with E-state index < -0.39 is 12.0 Å². The molecule has 5 heteroatoms. The predicted molar refractivity (Wildman–Crippen MR) is 56.0 cm³/mol. The van der Waals surface area contributed by atoms with Crippen LogP contribution in [0.5, 0.6) is 0 Å². The highest BCUT2D eigenvalue weighted by Crippen LogP contribution is 2.15. The molecule has 3 N–H and O–H groups in total. The molecule has 1 aromatic carbocycles. The van der Waals surface area contributed by atoms with Crippen LogP contribution < -0.4 is 5.73 Å². The van der Waals surface area contributed by atoms with E-state index in [1.807, 2.05) is 0 Å². The van der Waals surface area contributed by atoms with Crippen molar-refractivity contribution in [2.45, 2.75) is 6.04 Å². The zero-order valence-corrected chi connectivity index (χ0v) is 9.01. The lowest BCUT2D eigenvalue weighted by atomic mass is 10.1. The van der Waals surface area contributed by atoms with E-state index in [1.165, 1.54) is 0 Å². The van der Waals surface area contributed by atoms with Crippen LogP contribution in [0.3, 0.4) is 0 Å². The summed E-state index contributed by atoms with van der Waals surface area (Å²) in [7, 11) is 0. The first-order chi connectivity index (χ1) is 5.61. The standard InChI is InChI=1S/C8H8BrNO2.ClH/c9-6-3-1-5(2-4-6)7(10)8(11)12;/h1-4,7H,10H2,(H,11,12);1H/t7-;/m0./s1. The van der Waals surface area contributed by atoms with Crippen molar-refractivity contribution >= 4 is 34.3 Å². The van der Waals surface area contributed by atoms with Crippen molar-refractivity contribution < 1.29 is 9.90 Å². The molecule has 0 unspecified atom stereocenters. The molecule has 0 spiro atoms. The van der Waals surface area contributed by atoms with E-state index >= 15 is 0 Å². The molecule has 0 aliphatic rings. The van der Waals surface area contributed by atoms with Crippen LogP contribution in [0.15, 0.2) is 28.7 Å². The summed E-state index contributed by atoms with van der Waals surface area (Å²) in [6.07, 6.45) is 0. The number of carbonyl (C=O) groups is 1. The second-order valence-corrected chi connectivity index (χ2v) is 3.28. The van der Waals surface area contributed by atoms with Gasteiger partial charge in [0, 0.05) is 4.47 Å². The smallest absolute Gasteiger partial charge is 0.325 e. The number of nitrogens with two attached hydrogens (primary N) is 1. The molecule has 0 radical (unpaired) electrons. The molecular formula is C8H9BrClNO2. The lowest BCUT2D eigenvalue weighted by Gasteiger charge is -2.05. The second-order valence-electron chi connectivity index (χ2n) is 2.37. The third kappa shape index (κ3) is 3.34. The number of hydrogen-bond acceptors (Lipinski definition) is 2. The Labute approximate surface area is 90.5 Å². The second kappa shape index (κ2) is 5.21. The van der Waals surface area contributed by atoms with Gasteiger partial charge in [-0.2, -0.15) is 0 Å². The number of hydrogen-bond donors (Lipinski definition) is 2. The summed E-state index contributed by atoms with van der Waals surface area (Å²) in [5.74, 6) is -1.02. The van der Waals surface area contributed by atoms with Crippen LogP contribution in [-0.4, -0.2) is 11.1 Å². The Kier molecular flexibility index (Phi) is 4.98. The van der Waals surface area contributed by atoms with Crippen LogP contribution >= 0.6 is 28.3 Å². The van der Waals surface area contributed by atoms with Gasteiger partial charge in [0.2, 0.25) is 0 Å². The number of carboxylic acids is 1. The highest BCUT2D eigenvalue weighted by Gasteiger charge is 2.12. The number of rotatable bonds is 2. The van der Waals surface area contributed by atoms with Crippen LogP contribution in [0.1, 0.15) is 11.6 Å². The molecular weight excluding hydrogens is 257 g/mol. The van der Waals surface area contributed by atoms with E-state index in [0.717, 1.165) is 4.47 Å². The Hall–Kier alpha value is -0.580. The first-order valence-electron chi connectivity index (χ1n) is 3.35. The third-order valence-corrected chi connectivity index (χ3v) is 2.02. The topological polar surface area (TPSA) is 63.3 Å². The fraction of sp³-hybridized carbons (Fsp3) is 0.125. The molecule has 0 amide bonds. The van der Waals surface area contributed by atoms with Crippen LogP contribution in [0.2, 0.25) is 0 Å². The molecule has 1 aromatic rings. The van der Waals surface area contributed by atoms with Gasteiger partial charge in [0.25, 0.3) is 0 Å². The molecule has 13 heavy (non-hydrogen) atoms. The minimum Gasteiger partial charge on any atom is -0.480 e. The first kappa shape index (κ1) is 12.4. The Morgan fingerprint density at radius 3 is 2.23 bits per heavy atom. The Morgan fingerprint density at radius 1 is 1.38 bits per heavy atom. The molecule has 0 aliphatic carbocycles. The quantitative estimate of drug-likeness (QED) is 0.860. The SMILES string of the molecule is Cl.N[C@H](C(=O)O)c1ccc(Br)cc1. The maximum Gasteiger partial charge on any atom is 0.325 e. The van der Waals surface area contributed by atoms with E-state index in [2.05, 4.69) is 15.9 Å². The van der Waals surface area contributed by atoms with E-state index in [4.69, 9.17) is 10.8 Å². The number of benzene rings is 1. The Morgan fingerprint density at radius 2 is 1.85 bits per heavy atom. The van der Waals surface area contributed by atoms with Crippen molar-refractivity contribution in [2.24, 2.45) is 5.73 Å². The largest absolute Gasteiger partial charge is 0.480 e. The molecule has 0 saturated carbocycles. The van der Waals surface area contributed by atoms with Crippen molar-refractivity contribution in [3.05, 3.63) is 34.3 Å². The minimum absolute atomic E-state index is 0. The predicted octanol–water partition coefficient (Wildman–Crippen LogP) is 1.96. The first-order valence-corrected chi connectivity index (χ1v) is 4.14. The monoisotopic (exact) mass is 265 g/mol. The van der Waals surface area contributed by atoms with E-state index in [0.29, 0.717) is 5.56 Å². The minimum atomic E-state index is -1.02. The van der Waals surface area contributed by atoms with Gasteiger partial charge in [0.15, 0.2) is 0 Å². The lowest BCUT2D eigenvalue weighted by Crippen LogP contribution is -2.20. The number of aliphatic carboxylic acids is 1. The van der Waals surface area contributed by atoms with Crippen molar-refractivity contribution in [1.29, 1.82) is 0 Å². The zero-order chi connectivity index (χ0) is 9.14. The normalized spacial score (nSPS) is 11.5. The summed E-state index contributed by atoms with van der Waals surface area (Å²) in [5, 5.41) is 8.57. The number of halogens is 2. The van der Waals surface area contributed by atoms with Crippen LogP contribution in [-0.2, 0) is 4.79 Å². The van der Waals surface area contributed by atoms with Crippen LogP contribution in [0, 0.1) is 0 Å². The van der Waals surface area contributed by atoms with Gasteiger partial charge in [-0.25, -0.2) is 0 Å². The fourth-order valence-electron chi connectivity index (χ4n) is 0.813. The summed E-state index contributed by atoms with van der Waals surface area (Å²) in [5.41, 5.74) is 5.98. The Bertz CT molecular complexity index is 289. The highest BCUT2D eigenvalue weighted by molar-refractivity contribution is 9.10. The van der Waals surface area contributed by atoms with E-state index in [1.54, 1.807) is 24.3 Å². The third-order valence-electron chi connectivity index (χ3n) is 1.50. The van der Waals surface area contributed by atoms with Gasteiger partial charge in [-0.3, -0.25) is 4.79 Å².